The molecule has 0 heterocycles. The van der Waals surface area contributed by atoms with Gasteiger partial charge in [0.05, 0.1) is 29.8 Å². The number of esters is 1. The summed E-state index contributed by atoms with van der Waals surface area (Å²) in [5, 5.41) is 6.64. The largest absolute Gasteiger partial charge is 0.466 e. The van der Waals surface area contributed by atoms with Crippen molar-refractivity contribution >= 4 is 35.6 Å². The van der Waals surface area contributed by atoms with Crippen molar-refractivity contribution in [3.05, 3.63) is 93.4 Å². The van der Waals surface area contributed by atoms with Gasteiger partial charge in [0, 0.05) is 34.1 Å². The van der Waals surface area contributed by atoms with Gasteiger partial charge in [0.15, 0.2) is 0 Å². The quantitative estimate of drug-likeness (QED) is 0.142. The highest BCUT2D eigenvalue weighted by molar-refractivity contribution is 5.77. The van der Waals surface area contributed by atoms with Crippen LogP contribution in [0.5, 0.6) is 0 Å². The minimum absolute atomic E-state index is 0.0242. The van der Waals surface area contributed by atoms with Gasteiger partial charge < -0.3 is 21.5 Å². The molecule has 0 spiro atoms. The predicted molar refractivity (Wildman–Crippen MR) is 140 cm³/mol. The molecule has 3 rings (SSSR count). The zero-order valence-corrected chi connectivity index (χ0v) is 21.1. The van der Waals surface area contributed by atoms with E-state index in [-0.39, 0.29) is 35.8 Å². The summed E-state index contributed by atoms with van der Waals surface area (Å²) in [4.78, 5) is 12.0. The second-order valence-corrected chi connectivity index (χ2v) is 8.42. The number of ether oxygens (including phenoxy) is 1. The number of hydrazone groups is 1. The SMILES string of the molecule is C=NNc1cc(/C(N)=c2\cccc\c2=C(\N)Nc2cc(C(F)(F)F)cc(C(F)(F)F)c2)ccc1CC(=O)OCC. The van der Waals surface area contributed by atoms with Crippen molar-refractivity contribution in [1.82, 2.24) is 0 Å². The second kappa shape index (κ2) is 12.0. The van der Waals surface area contributed by atoms with Gasteiger partial charge in [0.1, 0.15) is 5.82 Å². The second-order valence-electron chi connectivity index (χ2n) is 8.42. The first-order valence-corrected chi connectivity index (χ1v) is 11.7. The van der Waals surface area contributed by atoms with E-state index in [9.17, 15) is 31.1 Å². The van der Waals surface area contributed by atoms with E-state index in [0.29, 0.717) is 34.2 Å². The third-order valence-corrected chi connectivity index (χ3v) is 5.63. The molecule has 0 atom stereocenters. The maximum absolute atomic E-state index is 13.3. The summed E-state index contributed by atoms with van der Waals surface area (Å²) in [6.07, 6.45) is -10.1. The lowest BCUT2D eigenvalue weighted by molar-refractivity contribution is -0.143. The van der Waals surface area contributed by atoms with Crippen LogP contribution in [-0.4, -0.2) is 19.3 Å². The lowest BCUT2D eigenvalue weighted by atomic mass is 10.0. The Balaban J connectivity index is 2.14. The smallest absolute Gasteiger partial charge is 0.416 e. The number of carbonyl (C=O) groups excluding carboxylic acids is 1. The highest BCUT2D eigenvalue weighted by Crippen LogP contribution is 2.37. The molecular weight excluding hydrogens is 540 g/mol. The molecule has 6 N–H and O–H groups in total. The number of carbonyl (C=O) groups is 1. The fourth-order valence-electron chi connectivity index (χ4n) is 3.81. The maximum Gasteiger partial charge on any atom is 0.416 e. The number of alkyl halides is 6. The zero-order valence-electron chi connectivity index (χ0n) is 21.1. The minimum atomic E-state index is -5.02. The number of hydrogen-bond donors (Lipinski definition) is 4. The standard InChI is InChI=1S/C27H25F6N5O2/c1-3-40-23(39)11-15-8-9-16(10-22(15)38-36-2)24(34)20-6-4-5-7-21(20)25(35)37-19-13-17(26(28,29)30)12-18(14-19)27(31,32)33/h4-10,12-14,37-38H,2-3,11,34-35H2,1H3/b24-20-,25-21+. The van der Waals surface area contributed by atoms with Gasteiger partial charge in [0.2, 0.25) is 0 Å². The number of anilines is 2. The molecule has 0 aliphatic carbocycles. The summed E-state index contributed by atoms with van der Waals surface area (Å²) < 4.78 is 84.7. The molecule has 0 saturated heterocycles. The highest BCUT2D eigenvalue weighted by Gasteiger charge is 2.37. The van der Waals surface area contributed by atoms with Crippen molar-refractivity contribution in [1.29, 1.82) is 0 Å². The van der Waals surface area contributed by atoms with Crippen molar-refractivity contribution in [2.24, 2.45) is 16.6 Å². The van der Waals surface area contributed by atoms with Gasteiger partial charge in [-0.05, 0) is 36.8 Å². The Hall–Kier alpha value is -4.68. The molecular formula is C27H25F6N5O2. The molecule has 3 aromatic carbocycles. The molecule has 7 nitrogen and oxygen atoms in total. The fraction of sp³-hybridized carbons (Fsp3) is 0.185. The summed E-state index contributed by atoms with van der Waals surface area (Å²) in [5.41, 5.74) is 13.4. The van der Waals surface area contributed by atoms with E-state index < -0.39 is 35.1 Å². The monoisotopic (exact) mass is 565 g/mol. The average molecular weight is 566 g/mol. The average Bonchev–Trinajstić information content (AvgIpc) is 2.88. The van der Waals surface area contributed by atoms with Gasteiger partial charge in [-0.2, -0.15) is 31.4 Å². The van der Waals surface area contributed by atoms with Gasteiger partial charge in [-0.1, -0.05) is 36.4 Å². The van der Waals surface area contributed by atoms with Gasteiger partial charge >= 0.3 is 18.3 Å². The summed E-state index contributed by atoms with van der Waals surface area (Å²) >= 11 is 0. The van der Waals surface area contributed by atoms with Gasteiger partial charge in [0.25, 0.3) is 0 Å². The maximum atomic E-state index is 13.3. The molecule has 212 valence electrons. The number of hydrogen-bond acceptors (Lipinski definition) is 7. The van der Waals surface area contributed by atoms with Crippen LogP contribution in [0, 0.1) is 0 Å². The van der Waals surface area contributed by atoms with E-state index in [0.717, 1.165) is 0 Å². The zero-order chi connectivity index (χ0) is 29.7. The van der Waals surface area contributed by atoms with Crippen LogP contribution in [0.1, 0.15) is 29.2 Å². The first-order valence-electron chi connectivity index (χ1n) is 11.7. The molecule has 0 saturated carbocycles. The predicted octanol–water partition coefficient (Wildman–Crippen LogP) is 4.11. The molecule has 3 aromatic rings. The van der Waals surface area contributed by atoms with Crippen LogP contribution in [0.15, 0.2) is 65.8 Å². The molecule has 0 radical (unpaired) electrons. The molecule has 0 bridgehead atoms. The van der Waals surface area contributed by atoms with Gasteiger partial charge in [-0.3, -0.25) is 10.2 Å². The van der Waals surface area contributed by atoms with E-state index >= 15 is 0 Å². The minimum Gasteiger partial charge on any atom is -0.466 e. The van der Waals surface area contributed by atoms with E-state index in [1.165, 1.54) is 6.07 Å². The number of nitrogens with one attached hydrogen (secondary N) is 2. The summed E-state index contributed by atoms with van der Waals surface area (Å²) in [6.45, 7) is 5.27. The Morgan fingerprint density at radius 3 is 2.08 bits per heavy atom. The van der Waals surface area contributed by atoms with Gasteiger partial charge in [-0.15, -0.1) is 0 Å². The lowest BCUT2D eigenvalue weighted by Crippen LogP contribution is -2.36. The van der Waals surface area contributed by atoms with Crippen molar-refractivity contribution in [2.45, 2.75) is 25.7 Å². The number of nitrogens with zero attached hydrogens (tertiary/aromatic N) is 1. The molecule has 0 amide bonds. The molecule has 13 heteroatoms. The third kappa shape index (κ3) is 7.24. The van der Waals surface area contributed by atoms with Crippen LogP contribution in [-0.2, 0) is 28.3 Å². The van der Waals surface area contributed by atoms with Crippen LogP contribution >= 0.6 is 0 Å². The molecule has 0 aliphatic heterocycles. The Labute approximate surface area is 224 Å². The first-order chi connectivity index (χ1) is 18.7. The van der Waals surface area contributed by atoms with Crippen molar-refractivity contribution < 1.29 is 35.9 Å². The topological polar surface area (TPSA) is 115 Å². The number of nitrogens with two attached hydrogens (primary N) is 2. The van der Waals surface area contributed by atoms with Gasteiger partial charge in [-0.25, -0.2) is 0 Å². The molecule has 40 heavy (non-hydrogen) atoms. The summed E-state index contributed by atoms with van der Waals surface area (Å²) in [6, 6.07) is 12.2. The van der Waals surface area contributed by atoms with E-state index in [4.69, 9.17) is 16.2 Å². The van der Waals surface area contributed by atoms with Crippen LogP contribution in [0.25, 0.3) is 11.5 Å². The molecule has 0 aliphatic rings. The lowest BCUT2D eigenvalue weighted by Gasteiger charge is -2.15. The van der Waals surface area contributed by atoms with Crippen molar-refractivity contribution in [3.63, 3.8) is 0 Å². The Morgan fingerprint density at radius 1 is 0.925 bits per heavy atom. The Bertz CT molecular complexity index is 1500. The highest BCUT2D eigenvalue weighted by atomic mass is 19.4. The molecule has 0 unspecified atom stereocenters. The normalized spacial score (nSPS) is 13.3. The third-order valence-electron chi connectivity index (χ3n) is 5.63. The first kappa shape index (κ1) is 29.9. The van der Waals surface area contributed by atoms with Crippen LogP contribution in [0.3, 0.4) is 0 Å². The van der Waals surface area contributed by atoms with Crippen LogP contribution < -0.4 is 32.6 Å². The van der Waals surface area contributed by atoms with Crippen LogP contribution in [0.4, 0.5) is 37.7 Å². The number of rotatable bonds is 8. The Morgan fingerprint density at radius 2 is 1.52 bits per heavy atom. The Kier molecular flexibility index (Phi) is 8.97. The van der Waals surface area contributed by atoms with Crippen molar-refractivity contribution in [3.8, 4) is 0 Å². The van der Waals surface area contributed by atoms with Crippen LogP contribution in [0.2, 0.25) is 0 Å². The van der Waals surface area contributed by atoms with E-state index in [1.807, 2.05) is 0 Å². The number of halogens is 6. The fourth-order valence-corrected chi connectivity index (χ4v) is 3.81. The van der Waals surface area contributed by atoms with E-state index in [1.54, 1.807) is 43.3 Å². The van der Waals surface area contributed by atoms with Crippen molar-refractivity contribution in [2.75, 3.05) is 17.3 Å². The molecule has 0 fully saturated rings. The molecule has 0 aromatic heterocycles. The summed E-state index contributed by atoms with van der Waals surface area (Å²) in [5.74, 6) is -0.697. The number of benzene rings is 3. The summed E-state index contributed by atoms with van der Waals surface area (Å²) in [7, 11) is 0. The van der Waals surface area contributed by atoms with E-state index in [2.05, 4.69) is 22.6 Å².